The van der Waals surface area contributed by atoms with Gasteiger partial charge < -0.3 is 15.2 Å². The van der Waals surface area contributed by atoms with Crippen molar-refractivity contribution in [1.29, 1.82) is 0 Å². The van der Waals surface area contributed by atoms with Gasteiger partial charge in [0.05, 0.1) is 10.6 Å². The lowest BCUT2D eigenvalue weighted by atomic mass is 10.1. The first-order chi connectivity index (χ1) is 9.40. The van der Waals surface area contributed by atoms with E-state index in [0.29, 0.717) is 0 Å². The molecule has 0 aliphatic carbocycles. The lowest BCUT2D eigenvalue weighted by Gasteiger charge is -2.02. The molecule has 0 aliphatic rings. The molecule has 1 N–H and O–H groups in total. The van der Waals surface area contributed by atoms with Gasteiger partial charge in [-0.3, -0.25) is 14.7 Å². The van der Waals surface area contributed by atoms with Gasteiger partial charge in [0.2, 0.25) is 6.33 Å². The highest BCUT2D eigenvalue weighted by Gasteiger charge is 2.21. The molecular weight excluding hydrogens is 272 g/mol. The fourth-order valence-electron chi connectivity index (χ4n) is 1.56. The summed E-state index contributed by atoms with van der Waals surface area (Å²) in [6, 6.07) is 3.36. The number of nitro benzene ring substituents is 1. The van der Waals surface area contributed by atoms with E-state index in [0.717, 1.165) is 24.7 Å². The Morgan fingerprint density at radius 2 is 1.95 bits per heavy atom. The number of carboxylic acid groups (broad SMARTS) is 1. The van der Waals surface area contributed by atoms with E-state index in [-0.39, 0.29) is 5.69 Å². The van der Waals surface area contributed by atoms with Crippen molar-refractivity contribution >= 4 is 17.5 Å². The second-order valence-electron chi connectivity index (χ2n) is 3.66. The lowest BCUT2D eigenvalue weighted by Crippen LogP contribution is -2.04. The summed E-state index contributed by atoms with van der Waals surface area (Å²) in [6.45, 7) is 0. The van der Waals surface area contributed by atoms with Crippen molar-refractivity contribution in [2.75, 3.05) is 0 Å². The predicted molar refractivity (Wildman–Crippen MR) is 63.8 cm³/mol. The molecule has 2 rings (SSSR count). The van der Waals surface area contributed by atoms with Crippen molar-refractivity contribution in [2.45, 2.75) is 0 Å². The predicted octanol–water partition coefficient (Wildman–Crippen LogP) is 1.39. The van der Waals surface area contributed by atoms with E-state index in [1.54, 1.807) is 0 Å². The molecule has 1 heterocycles. The number of nitro groups is 2. The highest BCUT2D eigenvalue weighted by molar-refractivity contribution is 5.92. The third kappa shape index (κ3) is 2.29. The highest BCUT2D eigenvalue weighted by atomic mass is 16.6. The van der Waals surface area contributed by atoms with Crippen LogP contribution in [-0.2, 0) is 0 Å². The summed E-state index contributed by atoms with van der Waals surface area (Å²) in [4.78, 5) is 34.1. The molecule has 0 aliphatic heterocycles. The summed E-state index contributed by atoms with van der Waals surface area (Å²) < 4.78 is 1.19. The van der Waals surface area contributed by atoms with Crippen molar-refractivity contribution in [3.63, 3.8) is 0 Å². The minimum atomic E-state index is -1.43. The normalized spacial score (nSPS) is 10.2. The summed E-state index contributed by atoms with van der Waals surface area (Å²) in [6.07, 6.45) is 2.18. The number of hydrogen-bond donors (Lipinski definition) is 1. The largest absolute Gasteiger partial charge is 0.477 e. The van der Waals surface area contributed by atoms with Gasteiger partial charge in [-0.1, -0.05) is 0 Å². The Bertz CT molecular complexity index is 722. The molecule has 1 aromatic heterocycles. The number of carboxylic acids is 1. The molecule has 20 heavy (non-hydrogen) atoms. The van der Waals surface area contributed by atoms with Crippen LogP contribution in [0.1, 0.15) is 10.4 Å². The summed E-state index contributed by atoms with van der Waals surface area (Å²) in [5.74, 6) is -1.85. The Morgan fingerprint density at radius 3 is 2.45 bits per heavy atom. The SMILES string of the molecule is O=C(O)c1ccc(-n2cnc([N+](=O)[O-])c2)cc1[N+](=O)[O-]. The molecule has 1 aromatic carbocycles. The van der Waals surface area contributed by atoms with Crippen LogP contribution in [0.15, 0.2) is 30.7 Å². The maximum Gasteiger partial charge on any atom is 0.381 e. The molecule has 0 spiro atoms. The van der Waals surface area contributed by atoms with Crippen LogP contribution < -0.4 is 0 Å². The molecule has 10 nitrogen and oxygen atoms in total. The Labute approximate surface area is 110 Å². The van der Waals surface area contributed by atoms with Crippen LogP contribution in [-0.4, -0.2) is 30.5 Å². The monoisotopic (exact) mass is 278 g/mol. The molecule has 0 bridgehead atoms. The average Bonchev–Trinajstić information content (AvgIpc) is 2.87. The Balaban J connectivity index is 2.52. The van der Waals surface area contributed by atoms with Gasteiger partial charge in [-0.25, -0.2) is 4.79 Å². The van der Waals surface area contributed by atoms with Crippen molar-refractivity contribution in [1.82, 2.24) is 9.55 Å². The standard InChI is InChI=1S/C10H6N4O6/c15-10(16)7-2-1-6(3-8(7)13(17)18)12-4-9(11-5-12)14(19)20/h1-5H,(H,15,16). The van der Waals surface area contributed by atoms with E-state index in [1.165, 1.54) is 10.6 Å². The van der Waals surface area contributed by atoms with Gasteiger partial charge >= 0.3 is 11.8 Å². The van der Waals surface area contributed by atoms with Gasteiger partial charge in [0, 0.05) is 6.07 Å². The van der Waals surface area contributed by atoms with E-state index in [4.69, 9.17) is 5.11 Å². The Kier molecular flexibility index (Phi) is 3.13. The summed E-state index contributed by atoms with van der Waals surface area (Å²) in [7, 11) is 0. The molecular formula is C10H6N4O6. The highest BCUT2D eigenvalue weighted by Crippen LogP contribution is 2.23. The lowest BCUT2D eigenvalue weighted by molar-refractivity contribution is -0.389. The molecule has 0 saturated carbocycles. The third-order valence-electron chi connectivity index (χ3n) is 2.46. The number of imidazole rings is 1. The fourth-order valence-corrected chi connectivity index (χ4v) is 1.56. The molecule has 0 atom stereocenters. The maximum atomic E-state index is 10.9. The van der Waals surface area contributed by atoms with Crippen LogP contribution in [0, 0.1) is 20.2 Å². The number of aromatic nitrogens is 2. The molecule has 0 fully saturated rings. The van der Waals surface area contributed by atoms with Crippen molar-refractivity contribution in [3.05, 3.63) is 56.5 Å². The van der Waals surface area contributed by atoms with Gasteiger partial charge in [0.1, 0.15) is 11.8 Å². The quantitative estimate of drug-likeness (QED) is 0.657. The van der Waals surface area contributed by atoms with Crippen LogP contribution in [0.3, 0.4) is 0 Å². The number of hydrogen-bond acceptors (Lipinski definition) is 6. The summed E-state index contributed by atoms with van der Waals surface area (Å²) in [5, 5.41) is 30.2. The van der Waals surface area contributed by atoms with E-state index in [1.807, 2.05) is 0 Å². The summed E-state index contributed by atoms with van der Waals surface area (Å²) >= 11 is 0. The Morgan fingerprint density at radius 1 is 1.25 bits per heavy atom. The smallest absolute Gasteiger partial charge is 0.381 e. The average molecular weight is 278 g/mol. The molecule has 0 amide bonds. The molecule has 10 heteroatoms. The van der Waals surface area contributed by atoms with Crippen LogP contribution in [0.5, 0.6) is 0 Å². The van der Waals surface area contributed by atoms with E-state index in [9.17, 15) is 25.0 Å². The van der Waals surface area contributed by atoms with Crippen molar-refractivity contribution < 1.29 is 19.7 Å². The van der Waals surface area contributed by atoms with Gasteiger partial charge in [-0.2, -0.15) is 0 Å². The van der Waals surface area contributed by atoms with Gasteiger partial charge in [0.25, 0.3) is 5.69 Å². The van der Waals surface area contributed by atoms with E-state index in [2.05, 4.69) is 4.98 Å². The first-order valence-corrected chi connectivity index (χ1v) is 5.10. The fraction of sp³-hybridized carbons (Fsp3) is 0. The second kappa shape index (κ2) is 4.76. The van der Waals surface area contributed by atoms with Gasteiger partial charge in [-0.05, 0) is 22.0 Å². The number of aromatic carboxylic acids is 1. The maximum absolute atomic E-state index is 10.9. The topological polar surface area (TPSA) is 141 Å². The Hall–Kier alpha value is -3.30. The summed E-state index contributed by atoms with van der Waals surface area (Å²) in [5.41, 5.74) is -0.873. The number of rotatable bonds is 4. The van der Waals surface area contributed by atoms with E-state index < -0.39 is 32.9 Å². The second-order valence-corrected chi connectivity index (χ2v) is 3.66. The molecule has 2 aromatic rings. The molecule has 102 valence electrons. The number of carbonyl (C=O) groups is 1. The van der Waals surface area contributed by atoms with Gasteiger partial charge in [0.15, 0.2) is 0 Å². The van der Waals surface area contributed by atoms with Gasteiger partial charge in [-0.15, -0.1) is 0 Å². The van der Waals surface area contributed by atoms with Crippen molar-refractivity contribution in [3.8, 4) is 5.69 Å². The molecule has 0 unspecified atom stereocenters. The van der Waals surface area contributed by atoms with Crippen LogP contribution in [0.2, 0.25) is 0 Å². The molecule has 0 saturated heterocycles. The van der Waals surface area contributed by atoms with E-state index >= 15 is 0 Å². The van der Waals surface area contributed by atoms with Crippen LogP contribution in [0.25, 0.3) is 5.69 Å². The third-order valence-corrected chi connectivity index (χ3v) is 2.46. The van der Waals surface area contributed by atoms with Crippen molar-refractivity contribution in [2.24, 2.45) is 0 Å². The zero-order valence-electron chi connectivity index (χ0n) is 9.66. The van der Waals surface area contributed by atoms with Crippen LogP contribution >= 0.6 is 0 Å². The first kappa shape index (κ1) is 13.1. The minimum Gasteiger partial charge on any atom is -0.477 e. The number of nitrogens with zero attached hydrogens (tertiary/aromatic N) is 4. The first-order valence-electron chi connectivity index (χ1n) is 5.10. The molecule has 0 radical (unpaired) electrons. The zero-order chi connectivity index (χ0) is 14.9. The zero-order valence-corrected chi connectivity index (χ0v) is 9.66. The number of benzene rings is 1. The minimum absolute atomic E-state index is 0.197. The van der Waals surface area contributed by atoms with Crippen LogP contribution in [0.4, 0.5) is 11.5 Å².